The average Bonchev–Trinajstić information content (AvgIpc) is 2.69. The molecule has 0 saturated heterocycles. The summed E-state index contributed by atoms with van der Waals surface area (Å²) in [6.07, 6.45) is -0.600. The maximum atomic E-state index is 11.4. The first kappa shape index (κ1) is 11.8. The number of hydrogen-bond acceptors (Lipinski definition) is 4. The van der Waals surface area contributed by atoms with Gasteiger partial charge in [0, 0.05) is 0 Å². The molecule has 7 heteroatoms. The van der Waals surface area contributed by atoms with Crippen LogP contribution in [0.4, 0.5) is 5.69 Å². The minimum absolute atomic E-state index is 0.335. The van der Waals surface area contributed by atoms with E-state index >= 15 is 0 Å². The standard InChI is InChI=1S/C10H7ClN2O3S/c11-5-1-2-6-10(12-4-17-6)9(5)13-7(14)3-8(15)16/h1-2,4H,3H2,(H,13,14)(H,15,16). The van der Waals surface area contributed by atoms with Crippen LogP contribution in [0.2, 0.25) is 5.02 Å². The Morgan fingerprint density at radius 2 is 2.24 bits per heavy atom. The van der Waals surface area contributed by atoms with E-state index in [2.05, 4.69) is 10.3 Å². The minimum atomic E-state index is -1.19. The largest absolute Gasteiger partial charge is 0.481 e. The Balaban J connectivity index is 2.34. The Kier molecular flexibility index (Phi) is 3.26. The van der Waals surface area contributed by atoms with Gasteiger partial charge in [0.05, 0.1) is 20.9 Å². The Labute approximate surface area is 105 Å². The molecule has 2 rings (SSSR count). The first-order valence-electron chi connectivity index (χ1n) is 4.61. The molecular formula is C10H7ClN2O3S. The topological polar surface area (TPSA) is 79.3 Å². The molecule has 0 fully saturated rings. The number of thiazole rings is 1. The summed E-state index contributed by atoms with van der Waals surface area (Å²) in [5.41, 5.74) is 2.56. The summed E-state index contributed by atoms with van der Waals surface area (Å²) in [5.74, 6) is -1.82. The van der Waals surface area contributed by atoms with Crippen molar-refractivity contribution in [1.29, 1.82) is 0 Å². The highest BCUT2D eigenvalue weighted by atomic mass is 35.5. The van der Waals surface area contributed by atoms with Gasteiger partial charge in [0.2, 0.25) is 5.91 Å². The molecule has 0 unspecified atom stereocenters. The number of anilines is 1. The summed E-state index contributed by atoms with van der Waals surface area (Å²) in [5, 5.41) is 11.3. The molecule has 0 aliphatic rings. The van der Waals surface area contributed by atoms with Crippen molar-refractivity contribution in [2.75, 3.05) is 5.32 Å². The Morgan fingerprint density at radius 3 is 2.94 bits per heavy atom. The van der Waals surface area contributed by atoms with Crippen LogP contribution in [-0.4, -0.2) is 22.0 Å². The Morgan fingerprint density at radius 1 is 1.47 bits per heavy atom. The van der Waals surface area contributed by atoms with Crippen LogP contribution >= 0.6 is 22.9 Å². The second-order valence-electron chi connectivity index (χ2n) is 3.24. The number of nitrogens with one attached hydrogen (secondary N) is 1. The second-order valence-corrected chi connectivity index (χ2v) is 4.53. The van der Waals surface area contributed by atoms with Crippen molar-refractivity contribution in [3.05, 3.63) is 22.7 Å². The van der Waals surface area contributed by atoms with Crippen molar-refractivity contribution in [2.24, 2.45) is 0 Å². The highest BCUT2D eigenvalue weighted by Gasteiger charge is 2.13. The van der Waals surface area contributed by atoms with Crippen molar-refractivity contribution in [1.82, 2.24) is 4.98 Å². The number of halogens is 1. The number of nitrogens with zero attached hydrogens (tertiary/aromatic N) is 1. The van der Waals surface area contributed by atoms with Crippen LogP contribution in [0.25, 0.3) is 10.2 Å². The van der Waals surface area contributed by atoms with Crippen molar-refractivity contribution in [3.8, 4) is 0 Å². The maximum absolute atomic E-state index is 11.4. The lowest BCUT2D eigenvalue weighted by atomic mass is 10.2. The summed E-state index contributed by atoms with van der Waals surface area (Å²) in [4.78, 5) is 25.8. The average molecular weight is 271 g/mol. The zero-order valence-corrected chi connectivity index (χ0v) is 10.0. The van der Waals surface area contributed by atoms with E-state index in [4.69, 9.17) is 16.7 Å². The predicted molar refractivity (Wildman–Crippen MR) is 65.5 cm³/mol. The number of benzene rings is 1. The number of carboxylic acids is 1. The lowest BCUT2D eigenvalue weighted by Gasteiger charge is -2.06. The lowest BCUT2D eigenvalue weighted by molar-refractivity contribution is -0.139. The Bertz CT molecular complexity index is 596. The van der Waals surface area contributed by atoms with Gasteiger partial charge in [-0.05, 0) is 12.1 Å². The molecular weight excluding hydrogens is 264 g/mol. The maximum Gasteiger partial charge on any atom is 0.312 e. The highest BCUT2D eigenvalue weighted by Crippen LogP contribution is 2.32. The number of amides is 1. The van der Waals surface area contributed by atoms with Gasteiger partial charge < -0.3 is 10.4 Å². The molecule has 0 atom stereocenters. The van der Waals surface area contributed by atoms with Gasteiger partial charge in [0.25, 0.3) is 0 Å². The highest BCUT2D eigenvalue weighted by molar-refractivity contribution is 7.16. The molecule has 5 nitrogen and oxygen atoms in total. The fourth-order valence-corrected chi connectivity index (χ4v) is 2.23. The van der Waals surface area contributed by atoms with E-state index in [9.17, 15) is 9.59 Å². The zero-order chi connectivity index (χ0) is 12.4. The van der Waals surface area contributed by atoms with Crippen LogP contribution in [0.3, 0.4) is 0 Å². The van der Waals surface area contributed by atoms with Gasteiger partial charge in [0.15, 0.2) is 0 Å². The molecule has 1 aromatic heterocycles. The van der Waals surface area contributed by atoms with Crippen LogP contribution in [0.1, 0.15) is 6.42 Å². The number of aliphatic carboxylic acids is 1. The molecule has 2 N–H and O–H groups in total. The third kappa shape index (κ3) is 2.54. The summed E-state index contributed by atoms with van der Waals surface area (Å²) < 4.78 is 0.875. The molecule has 1 heterocycles. The van der Waals surface area contributed by atoms with Crippen molar-refractivity contribution in [2.45, 2.75) is 6.42 Å². The van der Waals surface area contributed by atoms with E-state index in [1.165, 1.54) is 11.3 Å². The summed E-state index contributed by atoms with van der Waals surface area (Å²) >= 11 is 7.36. The van der Waals surface area contributed by atoms with Gasteiger partial charge in [-0.25, -0.2) is 4.98 Å². The van der Waals surface area contributed by atoms with Gasteiger partial charge in [-0.3, -0.25) is 9.59 Å². The summed E-state index contributed by atoms with van der Waals surface area (Å²) in [6.45, 7) is 0. The molecule has 0 spiro atoms. The predicted octanol–water partition coefficient (Wildman–Crippen LogP) is 2.36. The number of aromatic nitrogens is 1. The molecule has 0 saturated carbocycles. The van der Waals surface area contributed by atoms with Gasteiger partial charge in [-0.15, -0.1) is 11.3 Å². The normalized spacial score (nSPS) is 10.4. The van der Waals surface area contributed by atoms with E-state index in [1.54, 1.807) is 17.6 Å². The molecule has 0 aliphatic heterocycles. The number of hydrogen-bond donors (Lipinski definition) is 2. The molecule has 1 aromatic carbocycles. The lowest BCUT2D eigenvalue weighted by Crippen LogP contribution is -2.16. The van der Waals surface area contributed by atoms with Gasteiger partial charge in [-0.2, -0.15) is 0 Å². The van der Waals surface area contributed by atoms with Crippen LogP contribution in [0.15, 0.2) is 17.6 Å². The monoisotopic (exact) mass is 270 g/mol. The van der Waals surface area contributed by atoms with E-state index in [0.717, 1.165) is 4.70 Å². The molecule has 88 valence electrons. The van der Waals surface area contributed by atoms with E-state index in [1.807, 2.05) is 0 Å². The molecule has 17 heavy (non-hydrogen) atoms. The van der Waals surface area contributed by atoms with E-state index in [0.29, 0.717) is 16.2 Å². The number of carbonyl (C=O) groups excluding carboxylic acids is 1. The van der Waals surface area contributed by atoms with Gasteiger partial charge in [-0.1, -0.05) is 11.6 Å². The third-order valence-electron chi connectivity index (χ3n) is 2.03. The van der Waals surface area contributed by atoms with Crippen molar-refractivity contribution < 1.29 is 14.7 Å². The molecule has 0 bridgehead atoms. The summed E-state index contributed by atoms with van der Waals surface area (Å²) in [6, 6.07) is 3.43. The number of carbonyl (C=O) groups is 2. The smallest absolute Gasteiger partial charge is 0.312 e. The first-order valence-corrected chi connectivity index (χ1v) is 5.87. The zero-order valence-electron chi connectivity index (χ0n) is 8.44. The molecule has 2 aromatic rings. The van der Waals surface area contributed by atoms with Crippen molar-refractivity contribution in [3.63, 3.8) is 0 Å². The summed E-state index contributed by atoms with van der Waals surface area (Å²) in [7, 11) is 0. The van der Waals surface area contributed by atoms with Crippen molar-refractivity contribution >= 4 is 50.7 Å². The van der Waals surface area contributed by atoms with Crippen LogP contribution in [-0.2, 0) is 9.59 Å². The fourth-order valence-electron chi connectivity index (χ4n) is 1.35. The van der Waals surface area contributed by atoms with E-state index in [-0.39, 0.29) is 0 Å². The van der Waals surface area contributed by atoms with Crippen LogP contribution < -0.4 is 5.32 Å². The second kappa shape index (κ2) is 4.68. The number of rotatable bonds is 3. The molecule has 1 amide bonds. The molecule has 0 radical (unpaired) electrons. The quantitative estimate of drug-likeness (QED) is 0.839. The molecule has 0 aliphatic carbocycles. The number of carboxylic acid groups (broad SMARTS) is 1. The minimum Gasteiger partial charge on any atom is -0.481 e. The Hall–Kier alpha value is -1.66. The SMILES string of the molecule is O=C(O)CC(=O)Nc1c(Cl)ccc2scnc12. The number of fused-ring (bicyclic) bond motifs is 1. The first-order chi connectivity index (χ1) is 8.08. The fraction of sp³-hybridized carbons (Fsp3) is 0.100. The van der Waals surface area contributed by atoms with Gasteiger partial charge >= 0.3 is 5.97 Å². The van der Waals surface area contributed by atoms with Gasteiger partial charge in [0.1, 0.15) is 11.9 Å². The van der Waals surface area contributed by atoms with E-state index < -0.39 is 18.3 Å². The van der Waals surface area contributed by atoms with Crippen LogP contribution in [0.5, 0.6) is 0 Å². The van der Waals surface area contributed by atoms with Crippen LogP contribution in [0, 0.1) is 0 Å². The third-order valence-corrected chi connectivity index (χ3v) is 3.14.